The molecule has 0 heterocycles. The van der Waals surface area contributed by atoms with Crippen molar-refractivity contribution in [3.8, 4) is 11.5 Å². The average Bonchev–Trinajstić information content (AvgIpc) is 2.76. The highest BCUT2D eigenvalue weighted by Gasteiger charge is 2.33. The maximum Gasteiger partial charge on any atom is 0.416 e. The normalized spacial score (nSPS) is 11.7. The number of benzene rings is 2. The van der Waals surface area contributed by atoms with Crippen LogP contribution in [-0.2, 0) is 25.7 Å². The van der Waals surface area contributed by atoms with E-state index in [-0.39, 0.29) is 35.2 Å². The molecule has 0 radical (unpaired) electrons. The molecule has 0 aliphatic carbocycles. The fourth-order valence-corrected chi connectivity index (χ4v) is 4.16. The number of alkyl halides is 3. The van der Waals surface area contributed by atoms with E-state index in [9.17, 15) is 26.4 Å². The Labute approximate surface area is 183 Å². The van der Waals surface area contributed by atoms with Gasteiger partial charge in [-0.15, -0.1) is 0 Å². The average molecular weight is 476 g/mol. The second-order valence-corrected chi connectivity index (χ2v) is 8.28. The van der Waals surface area contributed by atoms with E-state index >= 15 is 0 Å². The molecule has 1 amide bonds. The summed E-state index contributed by atoms with van der Waals surface area (Å²) in [6.07, 6.45) is -4.70. The number of ether oxygens (including phenoxy) is 3. The van der Waals surface area contributed by atoms with Crippen molar-refractivity contribution in [2.75, 3.05) is 45.3 Å². The van der Waals surface area contributed by atoms with Crippen molar-refractivity contribution < 1.29 is 40.6 Å². The van der Waals surface area contributed by atoms with Crippen molar-refractivity contribution in [2.24, 2.45) is 0 Å². The maximum absolute atomic E-state index is 13.4. The summed E-state index contributed by atoms with van der Waals surface area (Å²) in [5.41, 5.74) is -1.38. The lowest BCUT2D eigenvalue weighted by atomic mass is 10.2. The molecule has 0 bridgehead atoms. The Morgan fingerprint density at radius 1 is 1.03 bits per heavy atom. The Morgan fingerprint density at radius 3 is 2.31 bits per heavy atom. The molecule has 0 aliphatic rings. The lowest BCUT2D eigenvalue weighted by Crippen LogP contribution is -2.41. The molecule has 0 spiro atoms. The number of anilines is 1. The number of halogens is 3. The minimum Gasteiger partial charge on any atom is -0.493 e. The Balaban J connectivity index is 2.54. The van der Waals surface area contributed by atoms with Gasteiger partial charge in [0.1, 0.15) is 6.54 Å². The Bertz CT molecular complexity index is 1040. The van der Waals surface area contributed by atoms with Crippen LogP contribution in [0.15, 0.2) is 47.4 Å². The van der Waals surface area contributed by atoms with Crippen molar-refractivity contribution in [1.29, 1.82) is 0 Å². The summed E-state index contributed by atoms with van der Waals surface area (Å²) in [5.74, 6) is -0.361. The van der Waals surface area contributed by atoms with Gasteiger partial charge in [-0.05, 0) is 30.3 Å². The van der Waals surface area contributed by atoms with Gasteiger partial charge in [0.15, 0.2) is 11.5 Å². The van der Waals surface area contributed by atoms with Gasteiger partial charge in [-0.3, -0.25) is 9.10 Å². The predicted molar refractivity (Wildman–Crippen MR) is 110 cm³/mol. The number of carbonyl (C=O) groups is 1. The third-order valence-electron chi connectivity index (χ3n) is 4.32. The molecule has 0 aliphatic heterocycles. The van der Waals surface area contributed by atoms with Crippen LogP contribution in [0.3, 0.4) is 0 Å². The summed E-state index contributed by atoms with van der Waals surface area (Å²) in [6, 6.07) is 7.44. The van der Waals surface area contributed by atoms with E-state index < -0.39 is 34.2 Å². The van der Waals surface area contributed by atoms with E-state index in [0.29, 0.717) is 10.4 Å². The molecule has 0 atom stereocenters. The standard InChI is InChI=1S/C20H23F3N2O6S/c1-29-10-9-24-19(26)13-25(15-6-4-5-14(11-15)20(21,22)23)32(27,28)16-7-8-17(30-2)18(12-16)31-3/h4-8,11-12H,9-10,13H2,1-3H3,(H,24,26). The number of nitrogens with one attached hydrogen (secondary N) is 1. The summed E-state index contributed by atoms with van der Waals surface area (Å²) in [7, 11) is -0.368. The highest BCUT2D eigenvalue weighted by Crippen LogP contribution is 2.35. The first-order chi connectivity index (χ1) is 15.0. The number of rotatable bonds is 10. The first-order valence-electron chi connectivity index (χ1n) is 9.22. The van der Waals surface area contributed by atoms with Crippen molar-refractivity contribution in [3.05, 3.63) is 48.0 Å². The quantitative estimate of drug-likeness (QED) is 0.530. The SMILES string of the molecule is COCCNC(=O)CN(c1cccc(C(F)(F)F)c1)S(=O)(=O)c1ccc(OC)c(OC)c1. The van der Waals surface area contributed by atoms with Crippen LogP contribution in [0.5, 0.6) is 11.5 Å². The van der Waals surface area contributed by atoms with E-state index in [1.807, 2.05) is 0 Å². The van der Waals surface area contributed by atoms with Crippen molar-refractivity contribution in [3.63, 3.8) is 0 Å². The molecule has 0 aromatic heterocycles. The first kappa shape index (κ1) is 25.3. The van der Waals surface area contributed by atoms with E-state index in [4.69, 9.17) is 14.2 Å². The van der Waals surface area contributed by atoms with Gasteiger partial charge in [-0.2, -0.15) is 13.2 Å². The van der Waals surface area contributed by atoms with Crippen molar-refractivity contribution in [2.45, 2.75) is 11.1 Å². The van der Waals surface area contributed by atoms with Crippen molar-refractivity contribution in [1.82, 2.24) is 5.32 Å². The van der Waals surface area contributed by atoms with Gasteiger partial charge in [0.2, 0.25) is 5.91 Å². The summed E-state index contributed by atoms with van der Waals surface area (Å²) in [5, 5.41) is 2.46. The molecule has 2 aromatic carbocycles. The number of hydrogen-bond acceptors (Lipinski definition) is 6. The summed E-state index contributed by atoms with van der Waals surface area (Å²) >= 11 is 0. The third-order valence-corrected chi connectivity index (χ3v) is 6.09. The van der Waals surface area contributed by atoms with Gasteiger partial charge in [0.05, 0.1) is 37.0 Å². The molecule has 0 saturated heterocycles. The van der Waals surface area contributed by atoms with Gasteiger partial charge < -0.3 is 19.5 Å². The predicted octanol–water partition coefficient (Wildman–Crippen LogP) is 2.68. The Kier molecular flexibility index (Phi) is 8.33. The lowest BCUT2D eigenvalue weighted by molar-refractivity contribution is -0.137. The molecular formula is C20H23F3N2O6S. The van der Waals surface area contributed by atoms with Crippen LogP contribution in [0.2, 0.25) is 0 Å². The molecule has 2 rings (SSSR count). The van der Waals surface area contributed by atoms with Crippen molar-refractivity contribution >= 4 is 21.6 Å². The molecule has 0 saturated carbocycles. The molecule has 32 heavy (non-hydrogen) atoms. The Morgan fingerprint density at radius 2 is 1.72 bits per heavy atom. The van der Waals surface area contributed by atoms with Crippen LogP contribution < -0.4 is 19.1 Å². The summed E-state index contributed by atoms with van der Waals surface area (Å²) in [6.45, 7) is -0.471. The monoisotopic (exact) mass is 476 g/mol. The van der Waals surface area contributed by atoms with Gasteiger partial charge in [-0.1, -0.05) is 6.07 Å². The fraction of sp³-hybridized carbons (Fsp3) is 0.350. The number of carbonyl (C=O) groups excluding carboxylic acids is 1. The topological polar surface area (TPSA) is 94.2 Å². The van der Waals surface area contributed by atoms with Gasteiger partial charge in [-0.25, -0.2) is 8.42 Å². The van der Waals surface area contributed by atoms with E-state index in [1.165, 1.54) is 39.5 Å². The van der Waals surface area contributed by atoms with Crippen LogP contribution >= 0.6 is 0 Å². The number of sulfonamides is 1. The highest BCUT2D eigenvalue weighted by molar-refractivity contribution is 7.92. The second-order valence-electron chi connectivity index (χ2n) is 6.42. The number of nitrogens with zero attached hydrogens (tertiary/aromatic N) is 1. The fourth-order valence-electron chi connectivity index (χ4n) is 2.74. The van der Waals surface area contributed by atoms with E-state index in [0.717, 1.165) is 18.2 Å². The molecule has 12 heteroatoms. The summed E-state index contributed by atoms with van der Waals surface area (Å²) in [4.78, 5) is 12.1. The van der Waals surface area contributed by atoms with E-state index in [2.05, 4.69) is 5.32 Å². The zero-order valence-electron chi connectivity index (χ0n) is 17.6. The second kappa shape index (κ2) is 10.6. The van der Waals surface area contributed by atoms with Gasteiger partial charge >= 0.3 is 6.18 Å². The molecular weight excluding hydrogens is 453 g/mol. The van der Waals surface area contributed by atoms with E-state index in [1.54, 1.807) is 0 Å². The third kappa shape index (κ3) is 6.04. The summed E-state index contributed by atoms with van der Waals surface area (Å²) < 4.78 is 82.0. The lowest BCUT2D eigenvalue weighted by Gasteiger charge is -2.25. The van der Waals surface area contributed by atoms with Gasteiger partial charge in [0.25, 0.3) is 10.0 Å². The molecule has 0 fully saturated rings. The smallest absolute Gasteiger partial charge is 0.416 e. The maximum atomic E-state index is 13.4. The molecule has 1 N–H and O–H groups in total. The number of hydrogen-bond donors (Lipinski definition) is 1. The number of amides is 1. The zero-order chi connectivity index (χ0) is 23.9. The van der Waals surface area contributed by atoms with Crippen LogP contribution in [-0.4, -0.2) is 55.4 Å². The molecule has 0 unspecified atom stereocenters. The van der Waals surface area contributed by atoms with Gasteiger partial charge in [0, 0.05) is 19.7 Å². The van der Waals surface area contributed by atoms with Crippen LogP contribution in [0.4, 0.5) is 18.9 Å². The minimum absolute atomic E-state index is 0.0992. The molecule has 176 valence electrons. The van der Waals surface area contributed by atoms with Crippen LogP contribution in [0, 0.1) is 0 Å². The minimum atomic E-state index is -4.70. The largest absolute Gasteiger partial charge is 0.493 e. The first-order valence-corrected chi connectivity index (χ1v) is 10.7. The van der Waals surface area contributed by atoms with Crippen LogP contribution in [0.1, 0.15) is 5.56 Å². The zero-order valence-corrected chi connectivity index (χ0v) is 18.4. The van der Waals surface area contributed by atoms with Crippen LogP contribution in [0.25, 0.3) is 0 Å². The number of methoxy groups -OCH3 is 3. The Hall–Kier alpha value is -2.99. The molecule has 8 nitrogen and oxygen atoms in total. The highest BCUT2D eigenvalue weighted by atomic mass is 32.2. The molecule has 2 aromatic rings.